The van der Waals surface area contributed by atoms with Crippen LogP contribution in [0.2, 0.25) is 0 Å². The summed E-state index contributed by atoms with van der Waals surface area (Å²) in [6.45, 7) is 5.92. The monoisotopic (exact) mass is 271 g/mol. The number of hydrogen-bond donors (Lipinski definition) is 2. The van der Waals surface area contributed by atoms with Crippen molar-refractivity contribution in [2.45, 2.75) is 56.9 Å². The molecule has 2 nitrogen and oxygen atoms in total. The Morgan fingerprint density at radius 2 is 2.15 bits per heavy atom. The molecule has 1 heterocycles. The summed E-state index contributed by atoms with van der Waals surface area (Å²) in [5, 5.41) is 13.8. The van der Waals surface area contributed by atoms with E-state index in [1.807, 2.05) is 12.1 Å². The Hall–Kier alpha value is -1.02. The van der Waals surface area contributed by atoms with Gasteiger partial charge in [0.05, 0.1) is 0 Å². The van der Waals surface area contributed by atoms with Crippen LogP contribution in [0.3, 0.4) is 0 Å². The van der Waals surface area contributed by atoms with E-state index in [-0.39, 0.29) is 5.41 Å². The van der Waals surface area contributed by atoms with E-state index in [1.165, 1.54) is 36.8 Å². The minimum Gasteiger partial charge on any atom is -0.508 e. The Balaban J connectivity index is 1.85. The lowest BCUT2D eigenvalue weighted by atomic mass is 9.56. The molecule has 0 radical (unpaired) electrons. The number of nitrogens with one attached hydrogen (secondary N) is 1. The molecule has 0 aromatic heterocycles. The maximum Gasteiger partial charge on any atom is 0.115 e. The fraction of sp³-hybridized carbons (Fsp3) is 0.667. The normalized spacial score (nSPS) is 39.4. The molecule has 1 aliphatic heterocycles. The minimum absolute atomic E-state index is 0.226. The molecule has 4 rings (SSSR count). The standard InChI is InChI=1S/C18H25NO/c1-11-17-15(9-12-3-4-12)14-6-5-13(20)10-16(14)18(11,2)7-8-19-17/h5-6,10-12,15,17,19-20H,3-4,7-9H2,1-2H3. The molecule has 0 spiro atoms. The molecule has 2 N–H and O–H groups in total. The topological polar surface area (TPSA) is 32.3 Å². The quantitative estimate of drug-likeness (QED) is 0.862. The number of phenolic OH excluding ortho intramolecular Hbond substituents is 1. The lowest BCUT2D eigenvalue weighted by Gasteiger charge is -2.54. The SMILES string of the molecule is CC1C2NCCC1(C)c1cc(O)ccc1C2CC1CC1. The van der Waals surface area contributed by atoms with Crippen molar-refractivity contribution in [3.63, 3.8) is 0 Å². The first kappa shape index (κ1) is 12.7. The number of rotatable bonds is 2. The van der Waals surface area contributed by atoms with E-state index in [9.17, 15) is 5.11 Å². The van der Waals surface area contributed by atoms with Gasteiger partial charge in [0.1, 0.15) is 5.75 Å². The van der Waals surface area contributed by atoms with E-state index < -0.39 is 0 Å². The van der Waals surface area contributed by atoms with Crippen molar-refractivity contribution in [1.29, 1.82) is 0 Å². The molecule has 0 amide bonds. The van der Waals surface area contributed by atoms with Gasteiger partial charge in [-0.15, -0.1) is 0 Å². The lowest BCUT2D eigenvalue weighted by molar-refractivity contribution is 0.130. The third-order valence-corrected chi connectivity index (χ3v) is 6.34. The summed E-state index contributed by atoms with van der Waals surface area (Å²) in [5.74, 6) is 2.66. The molecule has 4 atom stereocenters. The second-order valence-corrected chi connectivity index (χ2v) is 7.49. The van der Waals surface area contributed by atoms with E-state index in [0.29, 0.717) is 23.6 Å². The fourth-order valence-corrected chi connectivity index (χ4v) is 4.71. The zero-order chi connectivity index (χ0) is 13.9. The predicted molar refractivity (Wildman–Crippen MR) is 81.1 cm³/mol. The summed E-state index contributed by atoms with van der Waals surface area (Å²) in [4.78, 5) is 0. The first-order chi connectivity index (χ1) is 9.59. The summed E-state index contributed by atoms with van der Waals surface area (Å²) in [5.41, 5.74) is 3.16. The molecule has 1 aromatic rings. The van der Waals surface area contributed by atoms with Crippen LogP contribution in [0, 0.1) is 11.8 Å². The van der Waals surface area contributed by atoms with E-state index in [0.717, 1.165) is 12.5 Å². The number of piperidine rings is 1. The highest BCUT2D eigenvalue weighted by atomic mass is 16.3. The summed E-state index contributed by atoms with van der Waals surface area (Å²) in [7, 11) is 0. The van der Waals surface area contributed by atoms with Crippen LogP contribution >= 0.6 is 0 Å². The van der Waals surface area contributed by atoms with Crippen molar-refractivity contribution in [2.75, 3.05) is 6.54 Å². The van der Waals surface area contributed by atoms with Gasteiger partial charge in [0.2, 0.25) is 0 Å². The van der Waals surface area contributed by atoms with E-state index in [1.54, 1.807) is 0 Å². The second-order valence-electron chi connectivity index (χ2n) is 7.49. The molecule has 108 valence electrons. The summed E-state index contributed by atoms with van der Waals surface area (Å²) < 4.78 is 0. The highest BCUT2D eigenvalue weighted by Crippen LogP contribution is 2.54. The van der Waals surface area contributed by atoms with Crippen LogP contribution in [-0.4, -0.2) is 17.7 Å². The van der Waals surface area contributed by atoms with Crippen molar-refractivity contribution >= 4 is 0 Å². The fourth-order valence-electron chi connectivity index (χ4n) is 4.71. The molecule has 3 aliphatic rings. The van der Waals surface area contributed by atoms with E-state index in [2.05, 4.69) is 25.2 Å². The largest absolute Gasteiger partial charge is 0.508 e. The van der Waals surface area contributed by atoms with Crippen LogP contribution < -0.4 is 5.32 Å². The Morgan fingerprint density at radius 3 is 2.90 bits per heavy atom. The van der Waals surface area contributed by atoms with Gasteiger partial charge < -0.3 is 10.4 Å². The molecular weight excluding hydrogens is 246 g/mol. The number of aromatic hydroxyl groups is 1. The van der Waals surface area contributed by atoms with Gasteiger partial charge in [0.25, 0.3) is 0 Å². The van der Waals surface area contributed by atoms with Crippen LogP contribution in [-0.2, 0) is 5.41 Å². The minimum atomic E-state index is 0.226. The molecule has 2 heteroatoms. The van der Waals surface area contributed by atoms with Gasteiger partial charge in [-0.3, -0.25) is 0 Å². The van der Waals surface area contributed by atoms with Gasteiger partial charge in [0.15, 0.2) is 0 Å². The van der Waals surface area contributed by atoms with Crippen LogP contribution in [0.1, 0.15) is 56.6 Å². The predicted octanol–water partition coefficient (Wildman–Crippen LogP) is 3.55. The second kappa shape index (κ2) is 4.24. The van der Waals surface area contributed by atoms with Crippen LogP contribution in [0.4, 0.5) is 0 Å². The Labute approximate surface area is 121 Å². The maximum absolute atomic E-state index is 9.95. The maximum atomic E-state index is 9.95. The highest BCUT2D eigenvalue weighted by Gasteiger charge is 2.50. The van der Waals surface area contributed by atoms with Crippen molar-refractivity contribution < 1.29 is 5.11 Å². The Bertz CT molecular complexity index is 536. The first-order valence-electron chi connectivity index (χ1n) is 8.16. The van der Waals surface area contributed by atoms with Gasteiger partial charge in [-0.2, -0.15) is 0 Å². The smallest absolute Gasteiger partial charge is 0.115 e. The van der Waals surface area contributed by atoms with Crippen molar-refractivity contribution in [3.05, 3.63) is 29.3 Å². The summed E-state index contributed by atoms with van der Waals surface area (Å²) >= 11 is 0. The first-order valence-corrected chi connectivity index (χ1v) is 8.16. The van der Waals surface area contributed by atoms with Gasteiger partial charge in [-0.05, 0) is 59.9 Å². The van der Waals surface area contributed by atoms with Gasteiger partial charge in [-0.25, -0.2) is 0 Å². The zero-order valence-corrected chi connectivity index (χ0v) is 12.5. The zero-order valence-electron chi connectivity index (χ0n) is 12.5. The molecule has 1 aromatic carbocycles. The number of phenols is 1. The molecule has 2 bridgehead atoms. The average molecular weight is 271 g/mol. The molecule has 1 saturated carbocycles. The highest BCUT2D eigenvalue weighted by molar-refractivity contribution is 5.46. The molecule has 4 unspecified atom stereocenters. The van der Waals surface area contributed by atoms with E-state index in [4.69, 9.17) is 0 Å². The number of fused-ring (bicyclic) bond motifs is 4. The lowest BCUT2D eigenvalue weighted by Crippen LogP contribution is -2.58. The molecule has 2 aliphatic carbocycles. The third-order valence-electron chi connectivity index (χ3n) is 6.34. The van der Waals surface area contributed by atoms with Gasteiger partial charge in [0, 0.05) is 12.0 Å². The summed E-state index contributed by atoms with van der Waals surface area (Å²) in [6, 6.07) is 6.74. The van der Waals surface area contributed by atoms with Crippen molar-refractivity contribution in [1.82, 2.24) is 5.32 Å². The van der Waals surface area contributed by atoms with Crippen LogP contribution in [0.15, 0.2) is 18.2 Å². The number of benzene rings is 1. The van der Waals surface area contributed by atoms with Gasteiger partial charge >= 0.3 is 0 Å². The van der Waals surface area contributed by atoms with E-state index >= 15 is 0 Å². The summed E-state index contributed by atoms with van der Waals surface area (Å²) in [6.07, 6.45) is 5.34. The molecule has 1 saturated heterocycles. The van der Waals surface area contributed by atoms with Crippen molar-refractivity contribution in [2.24, 2.45) is 11.8 Å². The van der Waals surface area contributed by atoms with Crippen LogP contribution in [0.25, 0.3) is 0 Å². The molecule has 20 heavy (non-hydrogen) atoms. The Morgan fingerprint density at radius 1 is 1.35 bits per heavy atom. The van der Waals surface area contributed by atoms with Gasteiger partial charge in [-0.1, -0.05) is 32.8 Å². The Kier molecular flexibility index (Phi) is 2.69. The third kappa shape index (κ3) is 1.74. The van der Waals surface area contributed by atoms with Crippen molar-refractivity contribution in [3.8, 4) is 5.75 Å². The van der Waals surface area contributed by atoms with Crippen LogP contribution in [0.5, 0.6) is 5.75 Å². The number of hydrogen-bond acceptors (Lipinski definition) is 2. The molecule has 2 fully saturated rings. The average Bonchev–Trinajstić information content (AvgIpc) is 3.22. The molecular formula is C18H25NO.